The number of hydrogen-bond acceptors (Lipinski definition) is 2. The first-order chi connectivity index (χ1) is 12.3. The van der Waals surface area contributed by atoms with Crippen LogP contribution in [0, 0.1) is 0 Å². The first kappa shape index (κ1) is 16.4. The van der Waals surface area contributed by atoms with Crippen LogP contribution < -0.4 is 4.74 Å². The van der Waals surface area contributed by atoms with Gasteiger partial charge in [-0.25, -0.2) is 0 Å². The average molecular weight is 394 g/mol. The predicted octanol–water partition coefficient (Wildman–Crippen LogP) is 5.30. The van der Waals surface area contributed by atoms with Crippen molar-refractivity contribution >= 4 is 15.9 Å². The molecule has 25 heavy (non-hydrogen) atoms. The number of hydrogen-bond donors (Lipinski definition) is 0. The van der Waals surface area contributed by atoms with Gasteiger partial charge in [0.05, 0.1) is 6.04 Å². The van der Waals surface area contributed by atoms with Crippen molar-refractivity contribution in [1.29, 1.82) is 0 Å². The second kappa shape index (κ2) is 7.42. The highest BCUT2D eigenvalue weighted by Gasteiger charge is 2.35. The molecule has 1 aliphatic rings. The summed E-state index contributed by atoms with van der Waals surface area (Å²) in [6, 6.07) is 29.8. The van der Waals surface area contributed by atoms with Crippen LogP contribution in [0.3, 0.4) is 0 Å². The zero-order valence-electron chi connectivity index (χ0n) is 13.9. The van der Waals surface area contributed by atoms with E-state index in [1.807, 2.05) is 24.3 Å². The van der Waals surface area contributed by atoms with Crippen LogP contribution in [-0.4, -0.2) is 24.1 Å². The minimum atomic E-state index is 0.246. The molecule has 0 bridgehead atoms. The van der Waals surface area contributed by atoms with Crippen LogP contribution in [0.5, 0.6) is 5.75 Å². The molecule has 0 aromatic heterocycles. The third-order valence-electron chi connectivity index (χ3n) is 4.59. The Hall–Kier alpha value is -2.10. The molecule has 0 atom stereocenters. The second-order valence-electron chi connectivity index (χ2n) is 6.37. The van der Waals surface area contributed by atoms with E-state index in [-0.39, 0.29) is 12.1 Å². The topological polar surface area (TPSA) is 12.5 Å². The summed E-state index contributed by atoms with van der Waals surface area (Å²) < 4.78 is 7.17. The van der Waals surface area contributed by atoms with Gasteiger partial charge in [-0.3, -0.25) is 4.90 Å². The van der Waals surface area contributed by atoms with Gasteiger partial charge in [0.2, 0.25) is 0 Å². The molecule has 3 aromatic carbocycles. The Morgan fingerprint density at radius 2 is 1.28 bits per heavy atom. The van der Waals surface area contributed by atoms with E-state index in [9.17, 15) is 0 Å². The van der Waals surface area contributed by atoms with Gasteiger partial charge in [0.25, 0.3) is 0 Å². The van der Waals surface area contributed by atoms with Crippen LogP contribution in [0.4, 0.5) is 0 Å². The van der Waals surface area contributed by atoms with Crippen LogP contribution in [0.15, 0.2) is 89.4 Å². The van der Waals surface area contributed by atoms with E-state index in [0.717, 1.165) is 23.3 Å². The molecule has 126 valence electrons. The molecule has 4 rings (SSSR count). The van der Waals surface area contributed by atoms with Gasteiger partial charge in [-0.1, -0.05) is 76.6 Å². The predicted molar refractivity (Wildman–Crippen MR) is 105 cm³/mol. The van der Waals surface area contributed by atoms with E-state index in [0.29, 0.717) is 0 Å². The molecule has 0 amide bonds. The van der Waals surface area contributed by atoms with Crippen molar-refractivity contribution in [1.82, 2.24) is 4.90 Å². The van der Waals surface area contributed by atoms with Gasteiger partial charge >= 0.3 is 0 Å². The van der Waals surface area contributed by atoms with E-state index < -0.39 is 0 Å². The second-order valence-corrected chi connectivity index (χ2v) is 7.29. The molecule has 1 aliphatic heterocycles. The number of ether oxygens (including phenoxy) is 1. The van der Waals surface area contributed by atoms with Gasteiger partial charge < -0.3 is 4.74 Å². The van der Waals surface area contributed by atoms with Crippen LogP contribution in [0.2, 0.25) is 0 Å². The maximum Gasteiger partial charge on any atom is 0.124 e. The molecular formula is C22H20BrNO. The first-order valence-electron chi connectivity index (χ1n) is 8.56. The Kier molecular flexibility index (Phi) is 4.86. The van der Waals surface area contributed by atoms with Crippen molar-refractivity contribution < 1.29 is 4.74 Å². The Balaban J connectivity index is 1.48. The van der Waals surface area contributed by atoms with Gasteiger partial charge in [0.15, 0.2) is 0 Å². The van der Waals surface area contributed by atoms with Crippen molar-refractivity contribution in [2.45, 2.75) is 12.1 Å². The van der Waals surface area contributed by atoms with Crippen molar-refractivity contribution in [2.24, 2.45) is 0 Å². The van der Waals surface area contributed by atoms with E-state index in [4.69, 9.17) is 4.74 Å². The molecule has 0 saturated carbocycles. The lowest BCUT2D eigenvalue weighted by atomic mass is 9.94. The van der Waals surface area contributed by atoms with Crippen LogP contribution in [0.25, 0.3) is 0 Å². The van der Waals surface area contributed by atoms with Gasteiger partial charge in [-0.2, -0.15) is 0 Å². The quantitative estimate of drug-likeness (QED) is 0.582. The Bertz CT molecular complexity index is 759. The zero-order chi connectivity index (χ0) is 17.1. The smallest absolute Gasteiger partial charge is 0.124 e. The van der Waals surface area contributed by atoms with Gasteiger partial charge in [-0.05, 0) is 35.4 Å². The molecule has 0 unspecified atom stereocenters. The Labute approximate surface area is 157 Å². The molecule has 3 heteroatoms. The molecule has 0 radical (unpaired) electrons. The van der Waals surface area contributed by atoms with Crippen LogP contribution in [0.1, 0.15) is 17.2 Å². The fourth-order valence-corrected chi connectivity index (χ4v) is 3.61. The maximum absolute atomic E-state index is 6.09. The number of likely N-dealkylation sites (tertiary alicyclic amines) is 1. The molecule has 2 nitrogen and oxygen atoms in total. The van der Waals surface area contributed by atoms with Crippen molar-refractivity contribution in [2.75, 3.05) is 13.1 Å². The lowest BCUT2D eigenvalue weighted by Gasteiger charge is -2.44. The van der Waals surface area contributed by atoms with Gasteiger partial charge in [0.1, 0.15) is 11.9 Å². The fourth-order valence-electron chi connectivity index (χ4n) is 3.35. The monoisotopic (exact) mass is 393 g/mol. The number of halogens is 1. The minimum absolute atomic E-state index is 0.246. The van der Waals surface area contributed by atoms with E-state index in [2.05, 4.69) is 81.5 Å². The van der Waals surface area contributed by atoms with Crippen LogP contribution in [-0.2, 0) is 0 Å². The molecule has 0 aliphatic carbocycles. The van der Waals surface area contributed by atoms with E-state index >= 15 is 0 Å². The van der Waals surface area contributed by atoms with Crippen molar-refractivity contribution in [3.63, 3.8) is 0 Å². The highest BCUT2D eigenvalue weighted by Crippen LogP contribution is 2.33. The zero-order valence-corrected chi connectivity index (χ0v) is 15.5. The summed E-state index contributed by atoms with van der Waals surface area (Å²) in [5.41, 5.74) is 2.66. The Morgan fingerprint density at radius 3 is 1.80 bits per heavy atom. The van der Waals surface area contributed by atoms with Crippen LogP contribution >= 0.6 is 15.9 Å². The lowest BCUT2D eigenvalue weighted by molar-refractivity contribution is 0.000284. The normalized spacial score (nSPS) is 15.1. The molecule has 1 fully saturated rings. The lowest BCUT2D eigenvalue weighted by Crippen LogP contribution is -2.55. The summed E-state index contributed by atoms with van der Waals surface area (Å²) in [4.78, 5) is 2.48. The number of rotatable bonds is 5. The average Bonchev–Trinajstić information content (AvgIpc) is 2.63. The molecule has 0 spiro atoms. The molecule has 1 saturated heterocycles. The molecule has 3 aromatic rings. The summed E-state index contributed by atoms with van der Waals surface area (Å²) in [6.07, 6.45) is 0.246. The molecule has 0 N–H and O–H groups in total. The summed E-state index contributed by atoms with van der Waals surface area (Å²) in [7, 11) is 0. The third kappa shape index (κ3) is 3.78. The SMILES string of the molecule is Brc1ccc(OC2CN(C(c3ccccc3)c3ccccc3)C2)cc1. The highest BCUT2D eigenvalue weighted by molar-refractivity contribution is 9.10. The standard InChI is InChI=1S/C22H20BrNO/c23-19-11-13-20(14-12-19)25-21-15-24(16-21)22(17-7-3-1-4-8-17)18-9-5-2-6-10-18/h1-14,21-22H,15-16H2. The van der Waals surface area contributed by atoms with Crippen molar-refractivity contribution in [3.8, 4) is 5.75 Å². The van der Waals surface area contributed by atoms with Crippen molar-refractivity contribution in [3.05, 3.63) is 101 Å². The van der Waals surface area contributed by atoms with Gasteiger partial charge in [0, 0.05) is 17.6 Å². The van der Waals surface area contributed by atoms with E-state index in [1.54, 1.807) is 0 Å². The van der Waals surface area contributed by atoms with Gasteiger partial charge in [-0.15, -0.1) is 0 Å². The minimum Gasteiger partial charge on any atom is -0.488 e. The molecule has 1 heterocycles. The Morgan fingerprint density at radius 1 is 0.760 bits per heavy atom. The highest BCUT2D eigenvalue weighted by atomic mass is 79.9. The first-order valence-corrected chi connectivity index (χ1v) is 9.35. The summed E-state index contributed by atoms with van der Waals surface area (Å²) in [5, 5.41) is 0. The third-order valence-corrected chi connectivity index (χ3v) is 5.12. The summed E-state index contributed by atoms with van der Waals surface area (Å²) in [6.45, 7) is 1.87. The number of nitrogens with zero attached hydrogens (tertiary/aromatic N) is 1. The fraction of sp³-hybridized carbons (Fsp3) is 0.182. The summed E-state index contributed by atoms with van der Waals surface area (Å²) in [5.74, 6) is 0.934. The van der Waals surface area contributed by atoms with E-state index in [1.165, 1.54) is 11.1 Å². The largest absolute Gasteiger partial charge is 0.488 e. The molecular weight excluding hydrogens is 374 g/mol. The summed E-state index contributed by atoms with van der Waals surface area (Å²) >= 11 is 3.46. The maximum atomic E-state index is 6.09. The number of benzene rings is 3.